The normalized spacial score (nSPS) is 14.7. The monoisotopic (exact) mass is 496 g/mol. The van der Waals surface area contributed by atoms with Crippen molar-refractivity contribution in [1.82, 2.24) is 4.90 Å². The van der Waals surface area contributed by atoms with Crippen molar-refractivity contribution in [3.05, 3.63) is 95.0 Å². The van der Waals surface area contributed by atoms with E-state index in [1.54, 1.807) is 53.4 Å². The van der Waals surface area contributed by atoms with Crippen molar-refractivity contribution in [2.24, 2.45) is 5.92 Å². The summed E-state index contributed by atoms with van der Waals surface area (Å²) in [6, 6.07) is 23.6. The van der Waals surface area contributed by atoms with Crippen molar-refractivity contribution in [2.45, 2.75) is 31.1 Å². The molecule has 5 nitrogen and oxygen atoms in total. The first-order valence-corrected chi connectivity index (χ1v) is 13.3. The van der Waals surface area contributed by atoms with Gasteiger partial charge in [0.25, 0.3) is 10.0 Å². The molecule has 0 bridgehead atoms. The molecular weight excluding hydrogens is 468 g/mol. The Morgan fingerprint density at radius 1 is 0.971 bits per heavy atom. The molecule has 0 spiro atoms. The Morgan fingerprint density at radius 3 is 2.29 bits per heavy atom. The van der Waals surface area contributed by atoms with E-state index in [1.165, 1.54) is 9.87 Å². The lowest BCUT2D eigenvalue weighted by Crippen LogP contribution is -2.46. The second kappa shape index (κ2) is 10.6. The van der Waals surface area contributed by atoms with E-state index in [2.05, 4.69) is 12.1 Å². The Balaban J connectivity index is 1.49. The van der Waals surface area contributed by atoms with Crippen LogP contribution in [-0.2, 0) is 21.2 Å². The number of amides is 1. The third-order valence-corrected chi connectivity index (χ3v) is 8.34. The summed E-state index contributed by atoms with van der Waals surface area (Å²) in [4.78, 5) is 15.2. The lowest BCUT2D eigenvalue weighted by atomic mass is 9.90. The Morgan fingerprint density at radius 2 is 1.65 bits per heavy atom. The van der Waals surface area contributed by atoms with Crippen molar-refractivity contribution in [2.75, 3.05) is 23.9 Å². The molecule has 34 heavy (non-hydrogen) atoms. The van der Waals surface area contributed by atoms with Gasteiger partial charge >= 0.3 is 0 Å². The van der Waals surface area contributed by atoms with E-state index in [4.69, 9.17) is 11.6 Å². The predicted octanol–water partition coefficient (Wildman–Crippen LogP) is 5.33. The first-order chi connectivity index (χ1) is 16.3. The third-order valence-electron chi connectivity index (χ3n) is 6.32. The average Bonchev–Trinajstić information content (AvgIpc) is 2.83. The highest BCUT2D eigenvalue weighted by Crippen LogP contribution is 2.27. The molecule has 1 aliphatic rings. The molecule has 4 rings (SSSR count). The lowest BCUT2D eigenvalue weighted by molar-refractivity contribution is -0.130. The van der Waals surface area contributed by atoms with Gasteiger partial charge in [-0.15, -0.1) is 0 Å². The molecule has 0 saturated carbocycles. The van der Waals surface area contributed by atoms with Crippen molar-refractivity contribution < 1.29 is 13.2 Å². The molecule has 1 aliphatic heterocycles. The zero-order valence-corrected chi connectivity index (χ0v) is 20.8. The number of carbonyl (C=O) groups excluding carboxylic acids is 1. The van der Waals surface area contributed by atoms with Crippen LogP contribution in [0.1, 0.15) is 24.0 Å². The third kappa shape index (κ3) is 5.80. The number of carbonyl (C=O) groups is 1. The standard InChI is InChI=1S/C27H29ClN2O3S/c1-21-10-12-26(13-11-21)34(32,33)30(25-9-5-8-24(28)19-25)20-27(31)29-16-14-23(15-17-29)18-22-6-3-2-4-7-22/h2-13,19,23H,14-18,20H2,1H3. The van der Waals surface area contributed by atoms with Gasteiger partial charge in [-0.05, 0) is 68.0 Å². The van der Waals surface area contributed by atoms with Gasteiger partial charge in [-0.3, -0.25) is 9.10 Å². The van der Waals surface area contributed by atoms with Gasteiger partial charge < -0.3 is 4.90 Å². The van der Waals surface area contributed by atoms with Gasteiger partial charge in [0, 0.05) is 18.1 Å². The van der Waals surface area contributed by atoms with E-state index in [0.717, 1.165) is 24.8 Å². The number of piperidine rings is 1. The fourth-order valence-electron chi connectivity index (χ4n) is 4.34. The number of benzene rings is 3. The van der Waals surface area contributed by atoms with Gasteiger partial charge in [0.15, 0.2) is 0 Å². The van der Waals surface area contributed by atoms with Crippen LogP contribution in [-0.4, -0.2) is 38.9 Å². The van der Waals surface area contributed by atoms with Crippen LogP contribution in [0.15, 0.2) is 83.8 Å². The Bertz CT molecular complexity index is 1220. The van der Waals surface area contributed by atoms with Gasteiger partial charge in [0.05, 0.1) is 10.6 Å². The Labute approximate surface area is 207 Å². The van der Waals surface area contributed by atoms with Gasteiger partial charge in [-0.25, -0.2) is 8.42 Å². The molecule has 0 unspecified atom stereocenters. The summed E-state index contributed by atoms with van der Waals surface area (Å²) in [5.41, 5.74) is 2.65. The van der Waals surface area contributed by atoms with Gasteiger partial charge in [-0.2, -0.15) is 0 Å². The van der Waals surface area contributed by atoms with Crippen molar-refractivity contribution in [1.29, 1.82) is 0 Å². The second-order valence-corrected chi connectivity index (χ2v) is 11.1. The number of rotatable bonds is 7. The van der Waals surface area contributed by atoms with E-state index in [0.29, 0.717) is 29.7 Å². The van der Waals surface area contributed by atoms with Crippen LogP contribution >= 0.6 is 11.6 Å². The number of hydrogen-bond donors (Lipinski definition) is 0. The topological polar surface area (TPSA) is 57.7 Å². The minimum absolute atomic E-state index is 0.146. The first-order valence-electron chi connectivity index (χ1n) is 11.5. The van der Waals surface area contributed by atoms with E-state index in [9.17, 15) is 13.2 Å². The molecule has 0 aromatic heterocycles. The fraction of sp³-hybridized carbons (Fsp3) is 0.296. The number of aryl methyl sites for hydroxylation is 1. The quantitative estimate of drug-likeness (QED) is 0.444. The van der Waals surface area contributed by atoms with Crippen LogP contribution in [0.2, 0.25) is 5.02 Å². The second-order valence-electron chi connectivity index (χ2n) is 8.82. The first kappa shape index (κ1) is 24.3. The van der Waals surface area contributed by atoms with Crippen molar-refractivity contribution in [3.8, 4) is 0 Å². The molecule has 178 valence electrons. The maximum atomic E-state index is 13.5. The molecule has 1 fully saturated rings. The Hall–Kier alpha value is -2.83. The zero-order valence-electron chi connectivity index (χ0n) is 19.2. The summed E-state index contributed by atoms with van der Waals surface area (Å²) in [5.74, 6) is 0.320. The molecule has 0 radical (unpaired) electrons. The molecule has 1 heterocycles. The maximum absolute atomic E-state index is 13.5. The highest BCUT2D eigenvalue weighted by Gasteiger charge is 2.30. The molecule has 0 N–H and O–H groups in total. The summed E-state index contributed by atoms with van der Waals surface area (Å²) in [6.07, 6.45) is 2.81. The van der Waals surface area contributed by atoms with Gasteiger partial charge in [-0.1, -0.05) is 65.7 Å². The molecule has 0 atom stereocenters. The number of anilines is 1. The molecule has 1 saturated heterocycles. The van der Waals surface area contributed by atoms with Gasteiger partial charge in [0.2, 0.25) is 5.91 Å². The lowest BCUT2D eigenvalue weighted by Gasteiger charge is -2.34. The van der Waals surface area contributed by atoms with Crippen LogP contribution in [0.5, 0.6) is 0 Å². The highest BCUT2D eigenvalue weighted by molar-refractivity contribution is 7.92. The van der Waals surface area contributed by atoms with Crippen LogP contribution in [0.25, 0.3) is 0 Å². The number of nitrogens with zero attached hydrogens (tertiary/aromatic N) is 2. The van der Waals surface area contributed by atoms with Crippen LogP contribution in [0, 0.1) is 12.8 Å². The Kier molecular flexibility index (Phi) is 7.59. The molecule has 0 aliphatic carbocycles. The van der Waals surface area contributed by atoms with Crippen LogP contribution in [0.4, 0.5) is 5.69 Å². The highest BCUT2D eigenvalue weighted by atomic mass is 35.5. The number of hydrogen-bond acceptors (Lipinski definition) is 3. The smallest absolute Gasteiger partial charge is 0.264 e. The number of halogens is 1. The van der Waals surface area contributed by atoms with E-state index < -0.39 is 10.0 Å². The fourth-order valence-corrected chi connectivity index (χ4v) is 5.93. The number of sulfonamides is 1. The summed E-state index contributed by atoms with van der Waals surface area (Å²) >= 11 is 6.16. The summed E-state index contributed by atoms with van der Waals surface area (Å²) < 4.78 is 28.3. The van der Waals surface area contributed by atoms with E-state index in [-0.39, 0.29) is 17.3 Å². The molecule has 1 amide bonds. The van der Waals surface area contributed by atoms with Crippen molar-refractivity contribution in [3.63, 3.8) is 0 Å². The zero-order chi connectivity index (χ0) is 24.1. The van der Waals surface area contributed by atoms with Gasteiger partial charge in [0.1, 0.15) is 6.54 Å². The SMILES string of the molecule is Cc1ccc(S(=O)(=O)N(CC(=O)N2CCC(Cc3ccccc3)CC2)c2cccc(Cl)c2)cc1. The van der Waals surface area contributed by atoms with E-state index in [1.807, 2.05) is 25.1 Å². The van der Waals surface area contributed by atoms with Crippen LogP contribution < -0.4 is 4.31 Å². The summed E-state index contributed by atoms with van der Waals surface area (Å²) in [7, 11) is -3.95. The molecule has 3 aromatic carbocycles. The average molecular weight is 497 g/mol. The minimum Gasteiger partial charge on any atom is -0.341 e. The van der Waals surface area contributed by atoms with Crippen LogP contribution in [0.3, 0.4) is 0 Å². The molecule has 7 heteroatoms. The summed E-state index contributed by atoms with van der Waals surface area (Å²) in [5, 5.41) is 0.413. The number of likely N-dealkylation sites (tertiary alicyclic amines) is 1. The molecular formula is C27H29ClN2O3S. The maximum Gasteiger partial charge on any atom is 0.264 e. The minimum atomic E-state index is -3.95. The van der Waals surface area contributed by atoms with Crippen molar-refractivity contribution >= 4 is 33.2 Å². The summed E-state index contributed by atoms with van der Waals surface area (Å²) in [6.45, 7) is 2.89. The largest absolute Gasteiger partial charge is 0.341 e. The molecule has 3 aromatic rings. The predicted molar refractivity (Wildman–Crippen MR) is 137 cm³/mol. The van der Waals surface area contributed by atoms with E-state index >= 15 is 0 Å².